The zero-order valence-corrected chi connectivity index (χ0v) is 18.4. The van der Waals surface area contributed by atoms with Crippen molar-refractivity contribution in [2.24, 2.45) is 5.41 Å². The molecule has 2 aromatic carbocycles. The SMILES string of the molecule is Cc1ccc(NC(=O)C(C)Sc2cccc(NC(=O)CC(C)(C)C)c2)c(C)c1. The van der Waals surface area contributed by atoms with Crippen LogP contribution < -0.4 is 10.6 Å². The zero-order valence-electron chi connectivity index (χ0n) is 17.6. The summed E-state index contributed by atoms with van der Waals surface area (Å²) in [5, 5.41) is 5.68. The van der Waals surface area contributed by atoms with E-state index in [2.05, 4.69) is 16.7 Å². The molecule has 2 N–H and O–H groups in total. The number of aryl methyl sites for hydroxylation is 2. The average Bonchev–Trinajstić information content (AvgIpc) is 2.55. The maximum Gasteiger partial charge on any atom is 0.237 e. The predicted octanol–water partition coefficient (Wildman–Crippen LogP) is 5.80. The highest BCUT2D eigenvalue weighted by Gasteiger charge is 2.17. The number of carbonyl (C=O) groups excluding carboxylic acids is 2. The molecule has 0 aliphatic rings. The van der Waals surface area contributed by atoms with Gasteiger partial charge in [-0.15, -0.1) is 11.8 Å². The minimum Gasteiger partial charge on any atom is -0.326 e. The van der Waals surface area contributed by atoms with Crippen molar-refractivity contribution in [2.75, 3.05) is 10.6 Å². The first-order chi connectivity index (χ1) is 13.0. The molecule has 2 aromatic rings. The predicted molar refractivity (Wildman–Crippen MR) is 119 cm³/mol. The van der Waals surface area contributed by atoms with Gasteiger partial charge >= 0.3 is 0 Å². The number of amides is 2. The Kier molecular flexibility index (Phi) is 7.30. The van der Waals surface area contributed by atoms with E-state index in [9.17, 15) is 9.59 Å². The summed E-state index contributed by atoms with van der Waals surface area (Å²) in [6.07, 6.45) is 0.457. The lowest BCUT2D eigenvalue weighted by Crippen LogP contribution is -2.23. The molecule has 4 nitrogen and oxygen atoms in total. The normalized spacial score (nSPS) is 12.4. The second-order valence-electron chi connectivity index (χ2n) is 8.38. The average molecular weight is 399 g/mol. The van der Waals surface area contributed by atoms with Crippen molar-refractivity contribution < 1.29 is 9.59 Å². The Morgan fingerprint density at radius 3 is 2.39 bits per heavy atom. The van der Waals surface area contributed by atoms with Gasteiger partial charge in [-0.05, 0) is 56.0 Å². The van der Waals surface area contributed by atoms with Crippen LogP contribution in [0.2, 0.25) is 0 Å². The molecule has 0 aliphatic heterocycles. The number of benzene rings is 2. The summed E-state index contributed by atoms with van der Waals surface area (Å²) in [5.74, 6) is -0.0468. The lowest BCUT2D eigenvalue weighted by atomic mass is 9.92. The molecule has 0 saturated heterocycles. The van der Waals surface area contributed by atoms with Crippen molar-refractivity contribution in [2.45, 2.75) is 58.1 Å². The van der Waals surface area contributed by atoms with E-state index in [0.717, 1.165) is 21.8 Å². The summed E-state index contributed by atoms with van der Waals surface area (Å²) >= 11 is 1.47. The monoisotopic (exact) mass is 398 g/mol. The highest BCUT2D eigenvalue weighted by Crippen LogP contribution is 2.28. The molecule has 0 aromatic heterocycles. The lowest BCUT2D eigenvalue weighted by molar-refractivity contribution is -0.118. The first kappa shape index (κ1) is 22.0. The molecule has 0 radical (unpaired) electrons. The Labute approximate surface area is 172 Å². The van der Waals surface area contributed by atoms with Crippen LogP contribution in [0.1, 0.15) is 45.2 Å². The van der Waals surface area contributed by atoms with Gasteiger partial charge in [0.25, 0.3) is 0 Å². The van der Waals surface area contributed by atoms with Crippen LogP contribution in [0.15, 0.2) is 47.4 Å². The molecule has 1 unspecified atom stereocenters. The van der Waals surface area contributed by atoms with Crippen molar-refractivity contribution >= 4 is 35.0 Å². The number of hydrogen-bond acceptors (Lipinski definition) is 3. The van der Waals surface area contributed by atoms with Crippen LogP contribution in [-0.4, -0.2) is 17.1 Å². The van der Waals surface area contributed by atoms with Crippen molar-refractivity contribution in [3.8, 4) is 0 Å². The van der Waals surface area contributed by atoms with Crippen molar-refractivity contribution in [1.82, 2.24) is 0 Å². The molecule has 0 heterocycles. The van der Waals surface area contributed by atoms with Crippen LogP contribution in [0.3, 0.4) is 0 Å². The number of thioether (sulfide) groups is 1. The smallest absolute Gasteiger partial charge is 0.237 e. The molecule has 0 bridgehead atoms. The summed E-state index contributed by atoms with van der Waals surface area (Å²) in [6, 6.07) is 13.6. The summed E-state index contributed by atoms with van der Waals surface area (Å²) < 4.78 is 0. The number of hydrogen-bond donors (Lipinski definition) is 2. The van der Waals surface area contributed by atoms with Gasteiger partial charge < -0.3 is 10.6 Å². The van der Waals surface area contributed by atoms with E-state index < -0.39 is 0 Å². The van der Waals surface area contributed by atoms with Crippen molar-refractivity contribution in [1.29, 1.82) is 0 Å². The van der Waals surface area contributed by atoms with E-state index in [-0.39, 0.29) is 22.5 Å². The first-order valence-electron chi connectivity index (χ1n) is 9.48. The summed E-state index contributed by atoms with van der Waals surface area (Å²) in [7, 11) is 0. The van der Waals surface area contributed by atoms with E-state index in [0.29, 0.717) is 6.42 Å². The molecule has 0 fully saturated rings. The zero-order chi connectivity index (χ0) is 20.9. The molecule has 2 amide bonds. The Balaban J connectivity index is 1.98. The fraction of sp³-hybridized carbons (Fsp3) is 0.391. The Morgan fingerprint density at radius 2 is 1.75 bits per heavy atom. The first-order valence-corrected chi connectivity index (χ1v) is 10.4. The van der Waals surface area contributed by atoms with E-state index in [1.54, 1.807) is 0 Å². The van der Waals surface area contributed by atoms with Crippen LogP contribution in [0.25, 0.3) is 0 Å². The maximum atomic E-state index is 12.6. The van der Waals surface area contributed by atoms with Crippen LogP contribution in [0.4, 0.5) is 11.4 Å². The quantitative estimate of drug-likeness (QED) is 0.605. The van der Waals surface area contributed by atoms with E-state index >= 15 is 0 Å². The van der Waals surface area contributed by atoms with Gasteiger partial charge in [0.05, 0.1) is 5.25 Å². The molecule has 1 atom stereocenters. The second kappa shape index (κ2) is 9.28. The topological polar surface area (TPSA) is 58.2 Å². The third-order valence-corrected chi connectivity index (χ3v) is 5.22. The third-order valence-electron chi connectivity index (χ3n) is 4.13. The van der Waals surface area contributed by atoms with Gasteiger partial charge in [0.1, 0.15) is 0 Å². The van der Waals surface area contributed by atoms with Gasteiger partial charge in [0, 0.05) is 22.7 Å². The maximum absolute atomic E-state index is 12.6. The highest BCUT2D eigenvalue weighted by molar-refractivity contribution is 8.00. The van der Waals surface area contributed by atoms with Gasteiger partial charge in [0.2, 0.25) is 11.8 Å². The molecular formula is C23H30N2O2S. The Morgan fingerprint density at radius 1 is 1.04 bits per heavy atom. The van der Waals surface area contributed by atoms with Gasteiger partial charge in [-0.3, -0.25) is 9.59 Å². The number of nitrogens with one attached hydrogen (secondary N) is 2. The van der Waals surface area contributed by atoms with Crippen molar-refractivity contribution in [3.05, 3.63) is 53.6 Å². The molecule has 5 heteroatoms. The fourth-order valence-corrected chi connectivity index (χ4v) is 3.71. The number of carbonyl (C=O) groups is 2. The second-order valence-corrected chi connectivity index (χ2v) is 9.80. The third kappa shape index (κ3) is 7.04. The molecule has 0 spiro atoms. The Bertz CT molecular complexity index is 856. The number of rotatable bonds is 6. The van der Waals surface area contributed by atoms with Crippen LogP contribution in [0.5, 0.6) is 0 Å². The molecule has 0 aliphatic carbocycles. The van der Waals surface area contributed by atoms with Crippen LogP contribution >= 0.6 is 11.8 Å². The van der Waals surface area contributed by atoms with Crippen LogP contribution in [0, 0.1) is 19.3 Å². The van der Waals surface area contributed by atoms with E-state index in [4.69, 9.17) is 0 Å². The summed E-state index contributed by atoms with van der Waals surface area (Å²) in [5.41, 5.74) is 3.75. The van der Waals surface area contributed by atoms with Crippen molar-refractivity contribution in [3.63, 3.8) is 0 Å². The largest absolute Gasteiger partial charge is 0.326 e. The van der Waals surface area contributed by atoms with Gasteiger partial charge in [-0.1, -0.05) is 44.5 Å². The van der Waals surface area contributed by atoms with E-state index in [1.807, 2.05) is 77.9 Å². The molecule has 28 heavy (non-hydrogen) atoms. The van der Waals surface area contributed by atoms with Gasteiger partial charge in [-0.2, -0.15) is 0 Å². The minimum absolute atomic E-state index is 0.00436. The van der Waals surface area contributed by atoms with Crippen LogP contribution in [-0.2, 0) is 9.59 Å². The molecular weight excluding hydrogens is 368 g/mol. The minimum atomic E-state index is -0.263. The molecule has 150 valence electrons. The molecule has 0 saturated carbocycles. The molecule has 2 rings (SSSR count). The van der Waals surface area contributed by atoms with Gasteiger partial charge in [0.15, 0.2) is 0 Å². The summed E-state index contributed by atoms with van der Waals surface area (Å²) in [4.78, 5) is 25.7. The Hall–Kier alpha value is -2.27. The van der Waals surface area contributed by atoms with E-state index in [1.165, 1.54) is 17.3 Å². The number of anilines is 2. The summed E-state index contributed by atoms with van der Waals surface area (Å²) in [6.45, 7) is 12.0. The lowest BCUT2D eigenvalue weighted by Gasteiger charge is -2.18. The van der Waals surface area contributed by atoms with Gasteiger partial charge in [-0.25, -0.2) is 0 Å². The highest BCUT2D eigenvalue weighted by atomic mass is 32.2. The standard InChI is InChI=1S/C23H30N2O2S/c1-15-10-11-20(16(2)12-15)25-22(27)17(3)28-19-9-7-8-18(13-19)24-21(26)14-23(4,5)6/h7-13,17H,14H2,1-6H3,(H,24,26)(H,25,27). The fourth-order valence-electron chi connectivity index (χ4n) is 2.78.